The van der Waals surface area contributed by atoms with Gasteiger partial charge in [0.1, 0.15) is 5.82 Å². The van der Waals surface area contributed by atoms with Gasteiger partial charge in [-0.1, -0.05) is 6.07 Å². The van der Waals surface area contributed by atoms with Crippen LogP contribution in [0.3, 0.4) is 0 Å². The van der Waals surface area contributed by atoms with Crippen molar-refractivity contribution in [2.45, 2.75) is 13.3 Å². The van der Waals surface area contributed by atoms with E-state index in [2.05, 4.69) is 21.0 Å². The number of hydrogen-bond donors (Lipinski definition) is 0. The van der Waals surface area contributed by atoms with Crippen molar-refractivity contribution >= 4 is 11.0 Å². The third-order valence-electron chi connectivity index (χ3n) is 3.16. The van der Waals surface area contributed by atoms with Gasteiger partial charge in [-0.25, -0.2) is 15.0 Å². The van der Waals surface area contributed by atoms with Gasteiger partial charge in [-0.3, -0.25) is 0 Å². The molecule has 3 aromatic rings. The number of benzene rings is 1. The van der Waals surface area contributed by atoms with Gasteiger partial charge in [0.25, 0.3) is 0 Å². The second-order valence-electron chi connectivity index (χ2n) is 4.70. The molecule has 0 radical (unpaired) electrons. The Bertz CT molecular complexity index is 826. The van der Waals surface area contributed by atoms with E-state index in [1.807, 2.05) is 42.8 Å². The van der Waals surface area contributed by atoms with Crippen LogP contribution in [-0.2, 0) is 13.5 Å². The van der Waals surface area contributed by atoms with Gasteiger partial charge in [-0.15, -0.1) is 0 Å². The minimum absolute atomic E-state index is 0.223. The van der Waals surface area contributed by atoms with Crippen LogP contribution in [-0.4, -0.2) is 19.5 Å². The number of imidazole rings is 1. The quantitative estimate of drug-likeness (QED) is 0.712. The minimum atomic E-state index is 0.223. The smallest absolute Gasteiger partial charge is 0.143 e. The van der Waals surface area contributed by atoms with Gasteiger partial charge < -0.3 is 4.57 Å². The lowest BCUT2D eigenvalue weighted by molar-refractivity contribution is 0.947. The van der Waals surface area contributed by atoms with E-state index in [1.165, 1.54) is 0 Å². The Morgan fingerprint density at radius 1 is 1.25 bits per heavy atom. The number of rotatable bonds is 2. The average Bonchev–Trinajstić information content (AvgIpc) is 2.80. The fraction of sp³-hybridized carbons (Fsp3) is 0.200. The Morgan fingerprint density at radius 3 is 2.90 bits per heavy atom. The zero-order chi connectivity index (χ0) is 14.1. The van der Waals surface area contributed by atoms with Crippen LogP contribution in [0.2, 0.25) is 0 Å². The average molecular weight is 263 g/mol. The van der Waals surface area contributed by atoms with E-state index in [1.54, 1.807) is 6.33 Å². The topological polar surface area (TPSA) is 67.4 Å². The van der Waals surface area contributed by atoms with E-state index in [0.717, 1.165) is 28.0 Å². The molecule has 0 amide bonds. The normalized spacial score (nSPS) is 10.7. The molecule has 0 fully saturated rings. The molecule has 0 aliphatic carbocycles. The largest absolute Gasteiger partial charge is 0.334 e. The van der Waals surface area contributed by atoms with Gasteiger partial charge in [0.15, 0.2) is 0 Å². The number of nitrogens with zero attached hydrogens (tertiary/aromatic N) is 5. The lowest BCUT2D eigenvalue weighted by Gasteiger charge is -2.05. The predicted molar refractivity (Wildman–Crippen MR) is 75.8 cm³/mol. The Labute approximate surface area is 116 Å². The van der Waals surface area contributed by atoms with Gasteiger partial charge >= 0.3 is 0 Å². The van der Waals surface area contributed by atoms with Crippen LogP contribution >= 0.6 is 0 Å². The predicted octanol–water partition coefficient (Wildman–Crippen LogP) is 2.40. The highest BCUT2D eigenvalue weighted by atomic mass is 15.0. The highest BCUT2D eigenvalue weighted by Crippen LogP contribution is 2.22. The molecule has 2 aromatic heterocycles. The second kappa shape index (κ2) is 4.74. The molecule has 0 aliphatic rings. The Morgan fingerprint density at radius 2 is 2.10 bits per heavy atom. The molecule has 2 heterocycles. The van der Waals surface area contributed by atoms with E-state index in [-0.39, 0.29) is 6.42 Å². The van der Waals surface area contributed by atoms with E-state index in [9.17, 15) is 0 Å². The van der Waals surface area contributed by atoms with Crippen molar-refractivity contribution in [1.29, 1.82) is 5.26 Å². The standard InChI is InChI=1S/C15H13N5/c1-10-7-12(19-15(18-10)5-6-16)11-3-4-14-13(8-11)17-9-20(14)2/h3-4,7-9H,5H2,1-2H3. The summed E-state index contributed by atoms with van der Waals surface area (Å²) in [5, 5.41) is 8.77. The molecule has 3 rings (SSSR count). The van der Waals surface area contributed by atoms with Gasteiger partial charge in [-0.05, 0) is 25.1 Å². The summed E-state index contributed by atoms with van der Waals surface area (Å²) in [7, 11) is 1.97. The molecule has 0 saturated carbocycles. The van der Waals surface area contributed by atoms with Crippen molar-refractivity contribution in [3.05, 3.63) is 42.1 Å². The van der Waals surface area contributed by atoms with Crippen molar-refractivity contribution < 1.29 is 0 Å². The molecule has 98 valence electrons. The highest BCUT2D eigenvalue weighted by Gasteiger charge is 2.07. The molecule has 0 bridgehead atoms. The number of fused-ring (bicyclic) bond motifs is 1. The van der Waals surface area contributed by atoms with Gasteiger partial charge in [0, 0.05) is 18.3 Å². The maximum Gasteiger partial charge on any atom is 0.143 e. The molecule has 5 heteroatoms. The maximum absolute atomic E-state index is 8.77. The molecule has 0 atom stereocenters. The van der Waals surface area contributed by atoms with Crippen LogP contribution in [0.1, 0.15) is 11.5 Å². The van der Waals surface area contributed by atoms with Crippen LogP contribution < -0.4 is 0 Å². The molecule has 5 nitrogen and oxygen atoms in total. The second-order valence-corrected chi connectivity index (χ2v) is 4.70. The van der Waals surface area contributed by atoms with E-state index >= 15 is 0 Å². The third kappa shape index (κ3) is 2.12. The summed E-state index contributed by atoms with van der Waals surface area (Å²) in [4.78, 5) is 13.1. The Kier molecular flexibility index (Phi) is 2.92. The molecule has 0 spiro atoms. The summed E-state index contributed by atoms with van der Waals surface area (Å²) < 4.78 is 1.98. The monoisotopic (exact) mass is 263 g/mol. The first-order valence-corrected chi connectivity index (χ1v) is 6.30. The van der Waals surface area contributed by atoms with Crippen molar-refractivity contribution in [2.24, 2.45) is 7.05 Å². The summed E-state index contributed by atoms with van der Waals surface area (Å²) in [6.07, 6.45) is 2.02. The van der Waals surface area contributed by atoms with E-state index in [4.69, 9.17) is 5.26 Å². The zero-order valence-electron chi connectivity index (χ0n) is 11.3. The minimum Gasteiger partial charge on any atom is -0.334 e. The number of aryl methyl sites for hydroxylation is 2. The van der Waals surface area contributed by atoms with Crippen molar-refractivity contribution in [2.75, 3.05) is 0 Å². The zero-order valence-corrected chi connectivity index (χ0v) is 11.3. The Balaban J connectivity index is 2.12. The first-order chi connectivity index (χ1) is 9.67. The van der Waals surface area contributed by atoms with Gasteiger partial charge in [-0.2, -0.15) is 5.26 Å². The molecule has 0 unspecified atom stereocenters. The first kappa shape index (κ1) is 12.3. The lowest BCUT2D eigenvalue weighted by atomic mass is 10.1. The summed E-state index contributed by atoms with van der Waals surface area (Å²) >= 11 is 0. The van der Waals surface area contributed by atoms with Gasteiger partial charge in [0.2, 0.25) is 0 Å². The molecular weight excluding hydrogens is 250 g/mol. The summed E-state index contributed by atoms with van der Waals surface area (Å²) in [5.41, 5.74) is 4.69. The number of hydrogen-bond acceptors (Lipinski definition) is 4. The third-order valence-corrected chi connectivity index (χ3v) is 3.16. The fourth-order valence-corrected chi connectivity index (χ4v) is 2.22. The molecule has 20 heavy (non-hydrogen) atoms. The number of nitriles is 1. The first-order valence-electron chi connectivity index (χ1n) is 6.30. The summed E-state index contributed by atoms with van der Waals surface area (Å²) in [6.45, 7) is 1.91. The summed E-state index contributed by atoms with van der Waals surface area (Å²) in [6, 6.07) is 10.1. The molecular formula is C15H13N5. The van der Waals surface area contributed by atoms with Crippen LogP contribution in [0, 0.1) is 18.3 Å². The lowest BCUT2D eigenvalue weighted by Crippen LogP contribution is -1.98. The molecule has 0 aliphatic heterocycles. The van der Waals surface area contributed by atoms with Crippen molar-refractivity contribution in [3.63, 3.8) is 0 Å². The molecule has 0 saturated heterocycles. The van der Waals surface area contributed by atoms with Crippen LogP contribution in [0.15, 0.2) is 30.6 Å². The van der Waals surface area contributed by atoms with Gasteiger partial charge in [0.05, 0.1) is 35.5 Å². The van der Waals surface area contributed by atoms with Crippen molar-refractivity contribution in [1.82, 2.24) is 19.5 Å². The van der Waals surface area contributed by atoms with E-state index in [0.29, 0.717) is 5.82 Å². The van der Waals surface area contributed by atoms with Crippen LogP contribution in [0.4, 0.5) is 0 Å². The fourth-order valence-electron chi connectivity index (χ4n) is 2.22. The summed E-state index contributed by atoms with van der Waals surface area (Å²) in [5.74, 6) is 0.559. The van der Waals surface area contributed by atoms with E-state index < -0.39 is 0 Å². The molecule has 0 N–H and O–H groups in total. The van der Waals surface area contributed by atoms with Crippen LogP contribution in [0.25, 0.3) is 22.3 Å². The van der Waals surface area contributed by atoms with Crippen molar-refractivity contribution in [3.8, 4) is 17.3 Å². The molecule has 1 aromatic carbocycles. The highest BCUT2D eigenvalue weighted by molar-refractivity contribution is 5.81. The maximum atomic E-state index is 8.77. The SMILES string of the molecule is Cc1cc(-c2ccc3c(c2)ncn3C)nc(CC#N)n1. The number of aromatic nitrogens is 4. The van der Waals surface area contributed by atoms with Crippen LogP contribution in [0.5, 0.6) is 0 Å². The Hall–Kier alpha value is -2.74.